The number of aldehydes is 1. The Hall–Kier alpha value is -2.42. The van der Waals surface area contributed by atoms with Gasteiger partial charge in [-0.15, -0.1) is 0 Å². The number of rotatable bonds is 11. The largest absolute Gasteiger partial charge is 0.456 e. The zero-order valence-corrected chi connectivity index (χ0v) is 49.0. The Labute approximate surface area is 429 Å². The number of cyclic esters (lactones) is 1. The third kappa shape index (κ3) is 14.9. The smallest absolute Gasteiger partial charge is 0.329 e. The Morgan fingerprint density at radius 3 is 1.94 bits per heavy atom. The number of ketones is 2. The number of piperidine rings is 1. The van der Waals surface area contributed by atoms with E-state index in [2.05, 4.69) is 73.8 Å². The van der Waals surface area contributed by atoms with Crippen LogP contribution in [0, 0.1) is 29.6 Å². The molecule has 14 nitrogen and oxygen atoms in total. The Bertz CT molecular complexity index is 1910. The lowest BCUT2D eigenvalue weighted by Gasteiger charge is -2.47. The van der Waals surface area contributed by atoms with E-state index in [1.165, 1.54) is 19.1 Å². The van der Waals surface area contributed by atoms with Crippen molar-refractivity contribution in [2.75, 3.05) is 27.9 Å². The van der Waals surface area contributed by atoms with Crippen LogP contribution >= 0.6 is 0 Å². The highest BCUT2D eigenvalue weighted by Gasteiger charge is 2.57. The summed E-state index contributed by atoms with van der Waals surface area (Å²) in [6.45, 7) is 31.5. The summed E-state index contributed by atoms with van der Waals surface area (Å²) in [5.41, 5.74) is 1.68. The van der Waals surface area contributed by atoms with Gasteiger partial charge in [0.15, 0.2) is 16.6 Å². The maximum atomic E-state index is 15.0. The van der Waals surface area contributed by atoms with Gasteiger partial charge >= 0.3 is 5.97 Å². The van der Waals surface area contributed by atoms with Crippen LogP contribution in [-0.4, -0.2) is 139 Å². The first-order valence-corrected chi connectivity index (χ1v) is 32.4. The number of carbonyl (C=O) groups excluding carboxylic acids is 5. The number of allylic oxidation sites excluding steroid dienone is 3. The standard InChI is InChI=1S/C55H95NO13Si2/c1-34-27-35(2)29-46(64-13)49-47(65-14)31-37(4)55(62,67-49)50(59)51(60)56-25-20-19-21-41(56)52(61)66-48(36(3)30-39-22-23-43(45(32-39)63-12)68-70(15,16)53(6,7)8)38(5)44(69-71(17,18)54(9,10)11)33-42(58)40(28-34)24-26-57/h26,28,30,35,37-41,43-49,62H,19-25,27,29,31-33H2,1-18H3. The minimum atomic E-state index is -2.61. The van der Waals surface area contributed by atoms with Crippen molar-refractivity contribution in [1.82, 2.24) is 4.90 Å². The van der Waals surface area contributed by atoms with Crippen molar-refractivity contribution in [2.24, 2.45) is 29.6 Å². The number of methoxy groups -OCH3 is 3. The lowest BCUT2D eigenvalue weighted by Crippen LogP contribution is -2.64. The van der Waals surface area contributed by atoms with Crippen molar-refractivity contribution in [3.63, 3.8) is 0 Å². The summed E-state index contributed by atoms with van der Waals surface area (Å²) in [4.78, 5) is 72.6. The lowest BCUT2D eigenvalue weighted by molar-refractivity contribution is -0.302. The molecule has 1 saturated carbocycles. The average molecular weight is 1030 g/mol. The fourth-order valence-electron chi connectivity index (χ4n) is 10.7. The SMILES string of the molecule is COC1CC(C=C(C)C2OC(=O)C3CCCCN3C(=O)C(=O)C3(O)OC(C(OC)CC(C)CC(C)=CC(CC=O)C(=O)CC(O[Si](C)(C)C(C)(C)C)C2C)C(OC)CC3C)CCC1O[Si](C)(C)C(C)(C)C. The van der Waals surface area contributed by atoms with E-state index >= 15 is 4.79 Å². The van der Waals surface area contributed by atoms with Crippen molar-refractivity contribution in [1.29, 1.82) is 0 Å². The molecule has 0 aromatic heterocycles. The van der Waals surface area contributed by atoms with Crippen LogP contribution in [-0.2, 0) is 56.5 Å². The van der Waals surface area contributed by atoms with Crippen molar-refractivity contribution in [2.45, 2.75) is 238 Å². The summed E-state index contributed by atoms with van der Waals surface area (Å²) < 4.78 is 45.2. The predicted molar refractivity (Wildman–Crippen MR) is 281 cm³/mol. The number of hydrogen-bond acceptors (Lipinski definition) is 13. The lowest BCUT2D eigenvalue weighted by atomic mass is 9.81. The maximum Gasteiger partial charge on any atom is 0.329 e. The Kier molecular flexibility index (Phi) is 21.5. The Morgan fingerprint density at radius 1 is 0.803 bits per heavy atom. The maximum absolute atomic E-state index is 15.0. The minimum absolute atomic E-state index is 0.00591. The molecular formula is C55H95NO13Si2. The molecule has 0 aromatic rings. The highest BCUT2D eigenvalue weighted by atomic mass is 28.4. The van der Waals surface area contributed by atoms with Crippen molar-refractivity contribution in [3.05, 3.63) is 23.3 Å². The number of carbonyl (C=O) groups is 5. The number of Topliss-reactive ketones (excluding diaryl/α,β-unsaturated/α-hetero) is 2. The van der Waals surface area contributed by atoms with E-state index in [9.17, 15) is 24.3 Å². The van der Waals surface area contributed by atoms with Crippen LogP contribution in [0.15, 0.2) is 23.3 Å². The van der Waals surface area contributed by atoms with E-state index in [-0.39, 0.29) is 72.1 Å². The van der Waals surface area contributed by atoms with E-state index in [4.69, 9.17) is 32.5 Å². The van der Waals surface area contributed by atoms with Gasteiger partial charge in [-0.1, -0.05) is 80.0 Å². The first-order valence-electron chi connectivity index (χ1n) is 26.6. The fraction of sp³-hybridized carbons (Fsp3) is 0.836. The van der Waals surface area contributed by atoms with E-state index in [0.29, 0.717) is 32.1 Å². The van der Waals surface area contributed by atoms with E-state index < -0.39 is 94.4 Å². The van der Waals surface area contributed by atoms with Gasteiger partial charge in [-0.25, -0.2) is 4.79 Å². The Balaban J connectivity index is 1.89. The minimum Gasteiger partial charge on any atom is -0.456 e. The number of ether oxygens (including phenoxy) is 5. The van der Waals surface area contributed by atoms with Gasteiger partial charge in [-0.05, 0) is 125 Å². The molecule has 2 bridgehead atoms. The average Bonchev–Trinajstić information content (AvgIpc) is 3.28. The van der Waals surface area contributed by atoms with Crippen LogP contribution in [0.4, 0.5) is 0 Å². The first kappa shape index (κ1) is 61.1. The van der Waals surface area contributed by atoms with Gasteiger partial charge in [0.05, 0.1) is 30.5 Å². The summed E-state index contributed by atoms with van der Waals surface area (Å²) in [6, 6.07) is -1.14. The van der Waals surface area contributed by atoms with Gasteiger partial charge in [-0.3, -0.25) is 14.4 Å². The van der Waals surface area contributed by atoms with Crippen LogP contribution < -0.4 is 0 Å². The second kappa shape index (κ2) is 25.0. The zero-order valence-electron chi connectivity index (χ0n) is 47.0. The number of fused-ring (bicyclic) bond motifs is 3. The van der Waals surface area contributed by atoms with Gasteiger partial charge in [0, 0.05) is 58.5 Å². The van der Waals surface area contributed by atoms with E-state index in [0.717, 1.165) is 30.3 Å². The summed E-state index contributed by atoms with van der Waals surface area (Å²) in [6.07, 6.45) is 5.66. The number of hydrogen-bond donors (Lipinski definition) is 1. The molecule has 14 atom stereocenters. The molecule has 1 amide bonds. The number of amides is 1. The molecule has 0 spiro atoms. The second-order valence-corrected chi connectivity index (χ2v) is 34.4. The zero-order chi connectivity index (χ0) is 53.6. The molecule has 3 heterocycles. The molecule has 0 aromatic carbocycles. The highest BCUT2D eigenvalue weighted by Crippen LogP contribution is 2.44. The molecule has 406 valence electrons. The molecule has 0 radical (unpaired) electrons. The number of nitrogens with zero attached hydrogens (tertiary/aromatic N) is 1. The predicted octanol–water partition coefficient (Wildman–Crippen LogP) is 9.71. The number of aliphatic hydroxyl groups is 1. The molecule has 2 saturated heterocycles. The van der Waals surface area contributed by atoms with Gasteiger partial charge in [-0.2, -0.15) is 0 Å². The molecule has 16 heteroatoms. The molecular weight excluding hydrogens is 939 g/mol. The normalized spacial score (nSPS) is 35.5. The molecule has 1 aliphatic carbocycles. The van der Waals surface area contributed by atoms with Gasteiger partial charge in [0.1, 0.15) is 30.3 Å². The summed E-state index contributed by atoms with van der Waals surface area (Å²) in [7, 11) is 0.0804. The third-order valence-electron chi connectivity index (χ3n) is 17.3. The highest BCUT2D eigenvalue weighted by molar-refractivity contribution is 6.74. The van der Waals surface area contributed by atoms with Gasteiger partial charge in [0.25, 0.3) is 11.7 Å². The van der Waals surface area contributed by atoms with E-state index in [1.54, 1.807) is 14.0 Å². The molecule has 3 aliphatic heterocycles. The van der Waals surface area contributed by atoms with Gasteiger partial charge in [0.2, 0.25) is 5.79 Å². The molecule has 3 fully saturated rings. The second-order valence-electron chi connectivity index (χ2n) is 24.8. The molecule has 4 rings (SSSR count). The summed E-state index contributed by atoms with van der Waals surface area (Å²) in [5.74, 6) is -7.67. The first-order chi connectivity index (χ1) is 32.9. The molecule has 14 unspecified atom stereocenters. The Morgan fingerprint density at radius 2 is 1.38 bits per heavy atom. The van der Waals surface area contributed by atoms with E-state index in [1.807, 2.05) is 33.8 Å². The monoisotopic (exact) mass is 1030 g/mol. The number of esters is 1. The van der Waals surface area contributed by atoms with Gasteiger partial charge < -0.3 is 47.3 Å². The quantitative estimate of drug-likeness (QED) is 0.0682. The molecule has 71 heavy (non-hydrogen) atoms. The van der Waals surface area contributed by atoms with Crippen molar-refractivity contribution >= 4 is 46.4 Å². The van der Waals surface area contributed by atoms with Crippen LogP contribution in [0.1, 0.15) is 147 Å². The summed E-state index contributed by atoms with van der Waals surface area (Å²) in [5, 5.41) is 12.1. The third-order valence-corrected chi connectivity index (χ3v) is 26.3. The fourth-order valence-corrected chi connectivity index (χ4v) is 13.5. The van der Waals surface area contributed by atoms with Crippen molar-refractivity contribution in [3.8, 4) is 0 Å². The topological polar surface area (TPSA) is 173 Å². The van der Waals surface area contributed by atoms with Crippen molar-refractivity contribution < 1.29 is 61.6 Å². The van der Waals surface area contributed by atoms with Crippen LogP contribution in [0.2, 0.25) is 36.3 Å². The summed E-state index contributed by atoms with van der Waals surface area (Å²) >= 11 is 0. The van der Waals surface area contributed by atoms with Crippen LogP contribution in [0.25, 0.3) is 0 Å². The molecule has 1 N–H and O–H groups in total. The van der Waals surface area contributed by atoms with Crippen LogP contribution in [0.3, 0.4) is 0 Å². The molecule has 4 aliphatic rings. The van der Waals surface area contributed by atoms with Crippen LogP contribution in [0.5, 0.6) is 0 Å².